The normalized spacial score (nSPS) is 9.95. The average molecular weight is 277 g/mol. The molecule has 6 nitrogen and oxygen atoms in total. The Morgan fingerprint density at radius 3 is 2.84 bits per heavy atom. The molecule has 0 aliphatic carbocycles. The van der Waals surface area contributed by atoms with Gasteiger partial charge in [0.05, 0.1) is 17.4 Å². The number of urea groups is 1. The number of nitrogens with zero attached hydrogens (tertiary/aromatic N) is 2. The van der Waals surface area contributed by atoms with E-state index in [2.05, 4.69) is 10.3 Å². The van der Waals surface area contributed by atoms with Crippen molar-refractivity contribution < 1.29 is 14.7 Å². The molecule has 0 fully saturated rings. The van der Waals surface area contributed by atoms with Crippen LogP contribution in [0, 0.1) is 0 Å². The summed E-state index contributed by atoms with van der Waals surface area (Å²) in [5.74, 6) is -1.07. The number of amides is 2. The van der Waals surface area contributed by atoms with Gasteiger partial charge in [-0.3, -0.25) is 15.2 Å². The highest BCUT2D eigenvalue weighted by Crippen LogP contribution is 2.24. The molecule has 0 saturated carbocycles. The van der Waals surface area contributed by atoms with Gasteiger partial charge in [-0.05, 0) is 23.6 Å². The first-order valence-electron chi connectivity index (χ1n) is 5.35. The van der Waals surface area contributed by atoms with Crippen molar-refractivity contribution in [3.8, 4) is 0 Å². The summed E-state index contributed by atoms with van der Waals surface area (Å²) in [6, 6.07) is 4.48. The van der Waals surface area contributed by atoms with E-state index in [9.17, 15) is 9.59 Å². The maximum absolute atomic E-state index is 12.0. The quantitative estimate of drug-likeness (QED) is 0.903. The van der Waals surface area contributed by atoms with E-state index in [1.165, 1.54) is 11.0 Å². The van der Waals surface area contributed by atoms with Gasteiger partial charge in [-0.15, -0.1) is 11.3 Å². The van der Waals surface area contributed by atoms with Crippen LogP contribution in [0.2, 0.25) is 0 Å². The highest BCUT2D eigenvalue weighted by atomic mass is 32.1. The number of pyridine rings is 1. The lowest BCUT2D eigenvalue weighted by atomic mass is 10.3. The third-order valence-electron chi connectivity index (χ3n) is 2.45. The Morgan fingerprint density at radius 2 is 2.21 bits per heavy atom. The molecule has 0 bridgehead atoms. The summed E-state index contributed by atoms with van der Waals surface area (Å²) in [4.78, 5) is 28.2. The number of carbonyl (C=O) groups is 2. The Hall–Kier alpha value is -2.41. The first kappa shape index (κ1) is 13.0. The fourth-order valence-corrected chi connectivity index (χ4v) is 2.19. The van der Waals surface area contributed by atoms with Gasteiger partial charge in [-0.1, -0.05) is 0 Å². The number of anilines is 2. The second-order valence-electron chi connectivity index (χ2n) is 3.67. The van der Waals surface area contributed by atoms with Crippen LogP contribution in [-0.2, 0) is 0 Å². The van der Waals surface area contributed by atoms with Gasteiger partial charge in [0, 0.05) is 13.2 Å². The van der Waals surface area contributed by atoms with Crippen molar-refractivity contribution in [2.45, 2.75) is 0 Å². The van der Waals surface area contributed by atoms with Gasteiger partial charge in [-0.2, -0.15) is 0 Å². The molecule has 2 N–H and O–H groups in total. The summed E-state index contributed by atoms with van der Waals surface area (Å²) in [5, 5.41) is 13.4. The van der Waals surface area contributed by atoms with E-state index in [1.807, 2.05) is 0 Å². The number of aromatic nitrogens is 1. The molecular weight excluding hydrogens is 266 g/mol. The summed E-state index contributed by atoms with van der Waals surface area (Å²) in [6.45, 7) is 0. The van der Waals surface area contributed by atoms with Crippen LogP contribution in [0.15, 0.2) is 36.0 Å². The van der Waals surface area contributed by atoms with Crippen LogP contribution in [0.25, 0.3) is 0 Å². The summed E-state index contributed by atoms with van der Waals surface area (Å²) < 4.78 is 0. The van der Waals surface area contributed by atoms with Crippen molar-refractivity contribution in [2.75, 3.05) is 17.3 Å². The van der Waals surface area contributed by atoms with Gasteiger partial charge in [0.25, 0.3) is 0 Å². The summed E-state index contributed by atoms with van der Waals surface area (Å²) in [7, 11) is 1.58. The van der Waals surface area contributed by atoms with Gasteiger partial charge < -0.3 is 5.11 Å². The van der Waals surface area contributed by atoms with Crippen LogP contribution in [0.3, 0.4) is 0 Å². The van der Waals surface area contributed by atoms with Crippen molar-refractivity contribution in [3.05, 3.63) is 41.5 Å². The fourth-order valence-electron chi connectivity index (χ4n) is 1.42. The number of carbonyl (C=O) groups excluding carboxylic acids is 1. The Morgan fingerprint density at radius 1 is 1.42 bits per heavy atom. The zero-order chi connectivity index (χ0) is 13.8. The number of carboxylic acid groups (broad SMARTS) is 1. The van der Waals surface area contributed by atoms with Crippen molar-refractivity contribution in [3.63, 3.8) is 0 Å². The molecule has 19 heavy (non-hydrogen) atoms. The number of nitrogens with one attached hydrogen (secondary N) is 1. The zero-order valence-corrected chi connectivity index (χ0v) is 10.8. The molecule has 0 aromatic carbocycles. The molecule has 0 saturated heterocycles. The van der Waals surface area contributed by atoms with Gasteiger partial charge >= 0.3 is 12.0 Å². The number of hydrogen-bond donors (Lipinski definition) is 2. The van der Waals surface area contributed by atoms with Crippen LogP contribution >= 0.6 is 11.3 Å². The maximum atomic E-state index is 12.0. The highest BCUT2D eigenvalue weighted by molar-refractivity contribution is 7.14. The number of aromatic carboxylic acids is 1. The minimum absolute atomic E-state index is 0.0814. The van der Waals surface area contributed by atoms with Crippen molar-refractivity contribution in [2.24, 2.45) is 0 Å². The minimum Gasteiger partial charge on any atom is -0.478 e. The molecular formula is C12H11N3O3S. The van der Waals surface area contributed by atoms with E-state index in [0.29, 0.717) is 10.7 Å². The lowest BCUT2D eigenvalue weighted by Gasteiger charge is -2.17. The Bertz CT molecular complexity index is 597. The minimum atomic E-state index is -1.07. The smallest absolute Gasteiger partial charge is 0.338 e. The van der Waals surface area contributed by atoms with E-state index in [4.69, 9.17) is 5.11 Å². The summed E-state index contributed by atoms with van der Waals surface area (Å²) >= 11 is 1.16. The standard InChI is InChI=1S/C12H11N3O3S/c1-15(8-3-2-5-13-7-8)12(18)14-10-9(11(16)17)4-6-19-10/h2-7H,1H3,(H,14,18)(H,16,17). The monoisotopic (exact) mass is 277 g/mol. The number of hydrogen-bond acceptors (Lipinski definition) is 4. The van der Waals surface area contributed by atoms with Crippen molar-refractivity contribution in [1.82, 2.24) is 4.98 Å². The number of rotatable bonds is 3. The molecule has 0 unspecified atom stereocenters. The molecule has 2 rings (SSSR count). The number of thiophene rings is 1. The highest BCUT2D eigenvalue weighted by Gasteiger charge is 2.16. The van der Waals surface area contributed by atoms with Crippen LogP contribution < -0.4 is 10.2 Å². The lowest BCUT2D eigenvalue weighted by Crippen LogP contribution is -2.31. The first-order chi connectivity index (χ1) is 9.09. The van der Waals surface area contributed by atoms with E-state index < -0.39 is 12.0 Å². The van der Waals surface area contributed by atoms with Crippen LogP contribution in [0.5, 0.6) is 0 Å². The zero-order valence-electron chi connectivity index (χ0n) is 10.0. The average Bonchev–Trinajstić information content (AvgIpc) is 2.87. The molecule has 0 atom stereocenters. The number of carboxylic acids is 1. The van der Waals surface area contributed by atoms with Gasteiger partial charge in [0.2, 0.25) is 0 Å². The van der Waals surface area contributed by atoms with Crippen LogP contribution in [0.1, 0.15) is 10.4 Å². The van der Waals surface area contributed by atoms with Crippen molar-refractivity contribution in [1.29, 1.82) is 0 Å². The largest absolute Gasteiger partial charge is 0.478 e. The van der Waals surface area contributed by atoms with E-state index >= 15 is 0 Å². The SMILES string of the molecule is CN(C(=O)Nc1sccc1C(=O)O)c1cccnc1. The Labute approximate surface area is 113 Å². The van der Waals surface area contributed by atoms with Crippen LogP contribution in [0.4, 0.5) is 15.5 Å². The molecule has 2 aromatic heterocycles. The fraction of sp³-hybridized carbons (Fsp3) is 0.0833. The summed E-state index contributed by atoms with van der Waals surface area (Å²) in [6.07, 6.45) is 3.16. The topological polar surface area (TPSA) is 82.5 Å². The Balaban J connectivity index is 2.13. The van der Waals surface area contributed by atoms with Gasteiger partial charge in [0.1, 0.15) is 5.00 Å². The predicted octanol–water partition coefficient (Wildman–Crippen LogP) is 2.51. The second kappa shape index (κ2) is 5.49. The van der Waals surface area contributed by atoms with E-state index in [1.54, 1.807) is 37.0 Å². The third-order valence-corrected chi connectivity index (χ3v) is 3.28. The third kappa shape index (κ3) is 2.89. The molecule has 0 radical (unpaired) electrons. The molecule has 0 aliphatic rings. The molecule has 98 valence electrons. The van der Waals surface area contributed by atoms with Gasteiger partial charge in [-0.25, -0.2) is 9.59 Å². The van der Waals surface area contributed by atoms with Crippen LogP contribution in [-0.4, -0.2) is 29.1 Å². The first-order valence-corrected chi connectivity index (χ1v) is 6.23. The molecule has 2 amide bonds. The van der Waals surface area contributed by atoms with E-state index in [0.717, 1.165) is 11.3 Å². The maximum Gasteiger partial charge on any atom is 0.338 e. The lowest BCUT2D eigenvalue weighted by molar-refractivity contribution is 0.0698. The summed E-state index contributed by atoms with van der Waals surface area (Å²) in [5.41, 5.74) is 0.700. The molecule has 2 heterocycles. The second-order valence-corrected chi connectivity index (χ2v) is 4.59. The molecule has 2 aromatic rings. The molecule has 0 aliphatic heterocycles. The van der Waals surface area contributed by atoms with Gasteiger partial charge in [0.15, 0.2) is 0 Å². The van der Waals surface area contributed by atoms with Crippen molar-refractivity contribution >= 4 is 34.0 Å². The Kier molecular flexibility index (Phi) is 3.76. The molecule has 7 heteroatoms. The molecule has 0 spiro atoms. The predicted molar refractivity (Wildman–Crippen MR) is 72.9 cm³/mol. The van der Waals surface area contributed by atoms with E-state index in [-0.39, 0.29) is 5.56 Å².